The Kier molecular flexibility index (Phi) is 4.31. The summed E-state index contributed by atoms with van der Waals surface area (Å²) < 4.78 is 10.2. The maximum atomic E-state index is 11.4. The van der Waals surface area contributed by atoms with E-state index in [4.69, 9.17) is 9.47 Å². The average Bonchev–Trinajstić information content (AvgIpc) is 2.77. The minimum Gasteiger partial charge on any atom is -0.497 e. The molecule has 0 atom stereocenters. The number of hydrogen-bond acceptors (Lipinski definition) is 5. The van der Waals surface area contributed by atoms with Crippen molar-refractivity contribution in [2.24, 2.45) is 0 Å². The van der Waals surface area contributed by atoms with Crippen molar-refractivity contribution in [3.8, 4) is 5.75 Å². The van der Waals surface area contributed by atoms with Gasteiger partial charge in [0, 0.05) is 6.07 Å². The quantitative estimate of drug-likeness (QED) is 0.673. The number of hydrogen-bond donors (Lipinski definition) is 1. The number of H-pyrrole nitrogens is 1. The van der Waals surface area contributed by atoms with Gasteiger partial charge in [0.05, 0.1) is 30.0 Å². The van der Waals surface area contributed by atoms with Crippen LogP contribution in [-0.2, 0) is 9.53 Å². The van der Waals surface area contributed by atoms with Crippen molar-refractivity contribution >= 4 is 28.8 Å². The molecule has 0 aliphatic carbocycles. The van der Waals surface area contributed by atoms with Gasteiger partial charge in [-0.05, 0) is 26.0 Å². The average molecular weight is 280 g/mol. The lowest BCUT2D eigenvalue weighted by Gasteiger charge is -2.06. The lowest BCUT2D eigenvalue weighted by atomic mass is 10.3. The van der Waals surface area contributed by atoms with Crippen molar-refractivity contribution in [2.45, 2.75) is 25.1 Å². The smallest absolute Gasteiger partial charge is 0.316 e. The van der Waals surface area contributed by atoms with E-state index in [2.05, 4.69) is 9.97 Å². The Morgan fingerprint density at radius 2 is 2.26 bits per heavy atom. The molecule has 19 heavy (non-hydrogen) atoms. The number of aromatic amines is 1. The molecule has 102 valence electrons. The van der Waals surface area contributed by atoms with E-state index >= 15 is 0 Å². The first-order valence-corrected chi connectivity index (χ1v) is 6.93. The fourth-order valence-electron chi connectivity index (χ4n) is 1.58. The van der Waals surface area contributed by atoms with E-state index in [1.807, 2.05) is 32.0 Å². The first-order valence-electron chi connectivity index (χ1n) is 5.94. The molecular weight excluding hydrogens is 264 g/mol. The highest BCUT2D eigenvalue weighted by molar-refractivity contribution is 7.99. The molecule has 0 saturated carbocycles. The Hall–Kier alpha value is -1.69. The summed E-state index contributed by atoms with van der Waals surface area (Å²) in [5.41, 5.74) is 1.74. The van der Waals surface area contributed by atoms with Crippen molar-refractivity contribution in [2.75, 3.05) is 12.9 Å². The maximum absolute atomic E-state index is 11.4. The molecule has 0 bridgehead atoms. The summed E-state index contributed by atoms with van der Waals surface area (Å²) in [4.78, 5) is 19.0. The summed E-state index contributed by atoms with van der Waals surface area (Å²) >= 11 is 1.33. The molecule has 0 fully saturated rings. The maximum Gasteiger partial charge on any atom is 0.316 e. The van der Waals surface area contributed by atoms with E-state index in [1.165, 1.54) is 11.8 Å². The van der Waals surface area contributed by atoms with Gasteiger partial charge < -0.3 is 14.5 Å². The highest BCUT2D eigenvalue weighted by atomic mass is 32.2. The van der Waals surface area contributed by atoms with Crippen LogP contribution in [0.5, 0.6) is 5.75 Å². The van der Waals surface area contributed by atoms with Crippen LogP contribution in [0.25, 0.3) is 11.0 Å². The van der Waals surface area contributed by atoms with Gasteiger partial charge in [-0.25, -0.2) is 4.98 Å². The Morgan fingerprint density at radius 3 is 2.95 bits per heavy atom. The third kappa shape index (κ3) is 3.64. The van der Waals surface area contributed by atoms with Gasteiger partial charge >= 0.3 is 5.97 Å². The standard InChI is InChI=1S/C13H16N2O3S/c1-8(2)18-12(16)7-19-13-14-10-5-4-9(17-3)6-11(10)15-13/h4-6,8H,7H2,1-3H3,(H,14,15). The number of esters is 1. The first-order chi connectivity index (χ1) is 9.08. The van der Waals surface area contributed by atoms with Crippen LogP contribution in [0.1, 0.15) is 13.8 Å². The molecule has 2 aromatic rings. The molecule has 0 aliphatic rings. The normalized spacial score (nSPS) is 10.9. The van der Waals surface area contributed by atoms with Crippen molar-refractivity contribution in [3.05, 3.63) is 18.2 Å². The van der Waals surface area contributed by atoms with E-state index in [1.54, 1.807) is 7.11 Å². The number of aromatic nitrogens is 2. The molecule has 2 rings (SSSR count). The number of thioether (sulfide) groups is 1. The number of fused-ring (bicyclic) bond motifs is 1. The second kappa shape index (κ2) is 5.97. The Bertz CT molecular complexity index is 580. The van der Waals surface area contributed by atoms with Gasteiger partial charge in [0.1, 0.15) is 5.75 Å². The van der Waals surface area contributed by atoms with Crippen molar-refractivity contribution < 1.29 is 14.3 Å². The number of carbonyl (C=O) groups excluding carboxylic acids is 1. The van der Waals surface area contributed by atoms with E-state index in [0.717, 1.165) is 16.8 Å². The third-order valence-corrected chi connectivity index (χ3v) is 3.21. The second-order valence-corrected chi connectivity index (χ2v) is 5.22. The number of methoxy groups -OCH3 is 1. The molecule has 0 saturated heterocycles. The van der Waals surface area contributed by atoms with Gasteiger partial charge in [0.25, 0.3) is 0 Å². The van der Waals surface area contributed by atoms with E-state index in [0.29, 0.717) is 5.16 Å². The van der Waals surface area contributed by atoms with Crippen LogP contribution < -0.4 is 4.74 Å². The predicted molar refractivity (Wildman–Crippen MR) is 74.6 cm³/mol. The summed E-state index contributed by atoms with van der Waals surface area (Å²) in [5, 5.41) is 0.698. The zero-order chi connectivity index (χ0) is 13.8. The molecule has 6 heteroatoms. The predicted octanol–water partition coefficient (Wildman–Crippen LogP) is 2.62. The molecular formula is C13H16N2O3S. The Morgan fingerprint density at radius 1 is 1.47 bits per heavy atom. The minimum atomic E-state index is -0.238. The Balaban J connectivity index is 2.03. The van der Waals surface area contributed by atoms with Gasteiger partial charge in [-0.1, -0.05) is 11.8 Å². The van der Waals surface area contributed by atoms with Gasteiger partial charge in [-0.15, -0.1) is 0 Å². The van der Waals surface area contributed by atoms with E-state index in [-0.39, 0.29) is 17.8 Å². The third-order valence-electron chi connectivity index (χ3n) is 2.36. The van der Waals surface area contributed by atoms with Crippen molar-refractivity contribution in [1.82, 2.24) is 9.97 Å². The zero-order valence-corrected chi connectivity index (χ0v) is 11.9. The topological polar surface area (TPSA) is 64.2 Å². The lowest BCUT2D eigenvalue weighted by Crippen LogP contribution is -2.13. The van der Waals surface area contributed by atoms with Crippen LogP contribution in [0.3, 0.4) is 0 Å². The molecule has 1 aromatic heterocycles. The molecule has 1 heterocycles. The number of rotatable bonds is 5. The molecule has 0 aliphatic heterocycles. The fraction of sp³-hybridized carbons (Fsp3) is 0.385. The van der Waals surface area contributed by atoms with Gasteiger partial charge in [-0.2, -0.15) is 0 Å². The number of benzene rings is 1. The summed E-state index contributed by atoms with van der Waals surface area (Å²) in [6.07, 6.45) is -0.0898. The Labute approximate surface area is 115 Å². The van der Waals surface area contributed by atoms with Gasteiger partial charge in [-0.3, -0.25) is 4.79 Å². The van der Waals surface area contributed by atoms with Crippen LogP contribution in [-0.4, -0.2) is 34.9 Å². The molecule has 0 radical (unpaired) electrons. The highest BCUT2D eigenvalue weighted by Gasteiger charge is 2.09. The number of nitrogens with zero attached hydrogens (tertiary/aromatic N) is 1. The van der Waals surface area contributed by atoms with Crippen LogP contribution in [0, 0.1) is 0 Å². The fourth-order valence-corrected chi connectivity index (χ4v) is 2.25. The number of imidazole rings is 1. The second-order valence-electron chi connectivity index (χ2n) is 4.25. The largest absolute Gasteiger partial charge is 0.497 e. The van der Waals surface area contributed by atoms with Gasteiger partial charge in [0.2, 0.25) is 0 Å². The van der Waals surface area contributed by atoms with Crippen molar-refractivity contribution in [1.29, 1.82) is 0 Å². The highest BCUT2D eigenvalue weighted by Crippen LogP contribution is 2.23. The lowest BCUT2D eigenvalue weighted by molar-refractivity contribution is -0.144. The van der Waals surface area contributed by atoms with Crippen LogP contribution in [0.15, 0.2) is 23.4 Å². The van der Waals surface area contributed by atoms with Gasteiger partial charge in [0.15, 0.2) is 5.16 Å². The van der Waals surface area contributed by atoms with E-state index in [9.17, 15) is 4.79 Å². The molecule has 0 amide bonds. The number of ether oxygens (including phenoxy) is 2. The SMILES string of the molecule is COc1ccc2nc(SCC(=O)OC(C)C)[nH]c2c1. The summed E-state index contributed by atoms with van der Waals surface area (Å²) in [7, 11) is 1.62. The van der Waals surface area contributed by atoms with Crippen LogP contribution >= 0.6 is 11.8 Å². The minimum absolute atomic E-state index is 0.0898. The zero-order valence-electron chi connectivity index (χ0n) is 11.1. The monoisotopic (exact) mass is 280 g/mol. The van der Waals surface area contributed by atoms with Crippen molar-refractivity contribution in [3.63, 3.8) is 0 Å². The molecule has 0 spiro atoms. The molecule has 0 unspecified atom stereocenters. The number of nitrogens with one attached hydrogen (secondary N) is 1. The molecule has 5 nitrogen and oxygen atoms in total. The summed E-state index contributed by atoms with van der Waals surface area (Å²) in [6, 6.07) is 5.60. The van der Waals surface area contributed by atoms with E-state index < -0.39 is 0 Å². The number of carbonyl (C=O) groups is 1. The molecule has 1 aromatic carbocycles. The summed E-state index contributed by atoms with van der Waals surface area (Å²) in [6.45, 7) is 3.66. The molecule has 1 N–H and O–H groups in total. The van der Waals surface area contributed by atoms with Crippen LogP contribution in [0.4, 0.5) is 0 Å². The first kappa shape index (κ1) is 13.7. The van der Waals surface area contributed by atoms with Crippen LogP contribution in [0.2, 0.25) is 0 Å². The summed E-state index contributed by atoms with van der Waals surface area (Å²) in [5.74, 6) is 0.778.